The molecule has 0 aliphatic heterocycles. The average Bonchev–Trinajstić information content (AvgIpc) is 2.66. The predicted molar refractivity (Wildman–Crippen MR) is 101 cm³/mol. The first-order valence-electron chi connectivity index (χ1n) is 8.28. The van der Waals surface area contributed by atoms with E-state index in [1.807, 2.05) is 0 Å². The van der Waals surface area contributed by atoms with Crippen LogP contribution in [0.3, 0.4) is 0 Å². The van der Waals surface area contributed by atoms with Crippen LogP contribution >= 0.6 is 11.6 Å². The first-order valence-corrected chi connectivity index (χ1v) is 8.65. The van der Waals surface area contributed by atoms with Crippen LogP contribution in [-0.4, -0.2) is 12.1 Å². The Hall–Kier alpha value is -2.66. The van der Waals surface area contributed by atoms with Gasteiger partial charge in [-0.25, -0.2) is 0 Å². The molecule has 0 heterocycles. The van der Waals surface area contributed by atoms with Crippen LogP contribution in [0.15, 0.2) is 84.9 Å². The third kappa shape index (κ3) is 3.94. The summed E-state index contributed by atoms with van der Waals surface area (Å²) in [5.74, 6) is -5.08. The molecule has 0 unspecified atom stereocenters. The van der Waals surface area contributed by atoms with Crippen LogP contribution < -0.4 is 0 Å². The summed E-state index contributed by atoms with van der Waals surface area (Å²) in [6.45, 7) is 0. The minimum atomic E-state index is -5.77. The number of hydrogen-bond acceptors (Lipinski definition) is 0. The fourth-order valence-electron chi connectivity index (χ4n) is 2.93. The SMILES string of the molecule is FC(F)(F)C(F)(F)/C(=C(\c1ccccc1)c1cccc(Cl)c1)c1ccccc1. The predicted octanol–water partition coefficient (Wildman–Crippen LogP) is 7.50. The van der Waals surface area contributed by atoms with Crippen LogP contribution in [0.5, 0.6) is 0 Å². The molecular formula is C22H14ClF5. The van der Waals surface area contributed by atoms with Crippen molar-refractivity contribution in [2.24, 2.45) is 0 Å². The molecule has 0 atom stereocenters. The number of halogens is 6. The van der Waals surface area contributed by atoms with Gasteiger partial charge in [0, 0.05) is 10.6 Å². The maximum absolute atomic E-state index is 14.8. The Morgan fingerprint density at radius 1 is 0.607 bits per heavy atom. The van der Waals surface area contributed by atoms with E-state index in [4.69, 9.17) is 11.6 Å². The van der Waals surface area contributed by atoms with Gasteiger partial charge in [0.25, 0.3) is 0 Å². The summed E-state index contributed by atoms with van der Waals surface area (Å²) in [7, 11) is 0. The van der Waals surface area contributed by atoms with Crippen LogP contribution in [-0.2, 0) is 0 Å². The molecule has 0 fully saturated rings. The highest BCUT2D eigenvalue weighted by atomic mass is 35.5. The lowest BCUT2D eigenvalue weighted by Crippen LogP contribution is -2.38. The molecule has 3 aromatic rings. The van der Waals surface area contributed by atoms with Crippen molar-refractivity contribution < 1.29 is 22.0 Å². The van der Waals surface area contributed by atoms with E-state index in [0.717, 1.165) is 0 Å². The largest absolute Gasteiger partial charge is 0.458 e. The number of rotatable bonds is 4. The Bertz CT molecular complexity index is 977. The van der Waals surface area contributed by atoms with Crippen LogP contribution in [0.1, 0.15) is 16.7 Å². The maximum atomic E-state index is 14.8. The van der Waals surface area contributed by atoms with E-state index < -0.39 is 17.7 Å². The van der Waals surface area contributed by atoms with Gasteiger partial charge in [-0.3, -0.25) is 0 Å². The monoisotopic (exact) mass is 408 g/mol. The quantitative estimate of drug-likeness (QED) is 0.310. The van der Waals surface area contributed by atoms with Gasteiger partial charge >= 0.3 is 12.1 Å². The molecule has 0 amide bonds. The number of hydrogen-bond donors (Lipinski definition) is 0. The van der Waals surface area contributed by atoms with E-state index in [0.29, 0.717) is 0 Å². The summed E-state index contributed by atoms with van der Waals surface area (Å²) in [6, 6.07) is 20.5. The second-order valence-electron chi connectivity index (χ2n) is 6.06. The minimum absolute atomic E-state index is 0.168. The second kappa shape index (κ2) is 7.76. The highest BCUT2D eigenvalue weighted by Gasteiger charge is 2.61. The van der Waals surface area contributed by atoms with Crippen LogP contribution in [0.25, 0.3) is 11.1 Å². The van der Waals surface area contributed by atoms with Crippen molar-refractivity contribution in [3.63, 3.8) is 0 Å². The smallest absolute Gasteiger partial charge is 0.191 e. The minimum Gasteiger partial charge on any atom is -0.191 e. The molecule has 144 valence electrons. The lowest BCUT2D eigenvalue weighted by atomic mass is 9.86. The Morgan fingerprint density at radius 2 is 1.11 bits per heavy atom. The van der Waals surface area contributed by atoms with Crippen molar-refractivity contribution >= 4 is 22.7 Å². The number of alkyl halides is 5. The lowest BCUT2D eigenvalue weighted by molar-refractivity contribution is -0.253. The van der Waals surface area contributed by atoms with Gasteiger partial charge in [0.15, 0.2) is 0 Å². The van der Waals surface area contributed by atoms with Crippen molar-refractivity contribution in [3.8, 4) is 0 Å². The van der Waals surface area contributed by atoms with Crippen molar-refractivity contribution in [3.05, 3.63) is 107 Å². The van der Waals surface area contributed by atoms with Gasteiger partial charge < -0.3 is 0 Å². The topological polar surface area (TPSA) is 0 Å². The molecule has 28 heavy (non-hydrogen) atoms. The third-order valence-electron chi connectivity index (χ3n) is 4.16. The molecular weight excluding hydrogens is 395 g/mol. The molecule has 0 N–H and O–H groups in total. The van der Waals surface area contributed by atoms with Crippen molar-refractivity contribution in [1.29, 1.82) is 0 Å². The zero-order valence-corrected chi connectivity index (χ0v) is 15.1. The molecule has 3 aromatic carbocycles. The molecule has 0 nitrogen and oxygen atoms in total. The summed E-state index contributed by atoms with van der Waals surface area (Å²) in [5.41, 5.74) is -1.16. The van der Waals surface area contributed by atoms with Gasteiger partial charge in [0.05, 0.1) is 0 Å². The summed E-state index contributed by atoms with van der Waals surface area (Å²) in [4.78, 5) is 0. The highest BCUT2D eigenvalue weighted by molar-refractivity contribution is 6.30. The van der Waals surface area contributed by atoms with Gasteiger partial charge in [-0.2, -0.15) is 22.0 Å². The van der Waals surface area contributed by atoms with Crippen molar-refractivity contribution in [2.75, 3.05) is 0 Å². The number of benzene rings is 3. The molecule has 0 aliphatic carbocycles. The van der Waals surface area contributed by atoms with E-state index in [1.54, 1.807) is 24.3 Å². The van der Waals surface area contributed by atoms with Crippen LogP contribution in [0.2, 0.25) is 5.02 Å². The van der Waals surface area contributed by atoms with Crippen LogP contribution in [0, 0.1) is 0 Å². The standard InChI is InChI=1S/C22H14ClF5/c23-18-13-7-12-17(14-18)19(15-8-3-1-4-9-15)20(16-10-5-2-6-11-16)21(24,25)22(26,27)28/h1-14H/b20-19+. The van der Waals surface area contributed by atoms with Crippen LogP contribution in [0.4, 0.5) is 22.0 Å². The zero-order valence-electron chi connectivity index (χ0n) is 14.4. The summed E-state index contributed by atoms with van der Waals surface area (Å²) < 4.78 is 69.9. The third-order valence-corrected chi connectivity index (χ3v) is 4.39. The summed E-state index contributed by atoms with van der Waals surface area (Å²) >= 11 is 6.00. The molecule has 0 spiro atoms. The Kier molecular flexibility index (Phi) is 5.57. The summed E-state index contributed by atoms with van der Waals surface area (Å²) in [6.07, 6.45) is -5.77. The molecule has 0 bridgehead atoms. The molecule has 3 rings (SSSR count). The van der Waals surface area contributed by atoms with Crippen molar-refractivity contribution in [1.82, 2.24) is 0 Å². The number of allylic oxidation sites excluding steroid dienone is 1. The highest BCUT2D eigenvalue weighted by Crippen LogP contribution is 2.49. The lowest BCUT2D eigenvalue weighted by Gasteiger charge is -2.26. The Labute approximate surface area is 163 Å². The van der Waals surface area contributed by atoms with E-state index in [-0.39, 0.29) is 27.3 Å². The first-order chi connectivity index (χ1) is 13.2. The van der Waals surface area contributed by atoms with Crippen molar-refractivity contribution in [2.45, 2.75) is 12.1 Å². The van der Waals surface area contributed by atoms with Gasteiger partial charge in [-0.1, -0.05) is 84.4 Å². The Morgan fingerprint density at radius 3 is 1.61 bits per heavy atom. The zero-order chi connectivity index (χ0) is 20.4. The summed E-state index contributed by atoms with van der Waals surface area (Å²) in [5, 5.41) is 0.230. The van der Waals surface area contributed by atoms with E-state index in [9.17, 15) is 22.0 Å². The average molecular weight is 409 g/mol. The molecule has 0 aromatic heterocycles. The fraction of sp³-hybridized carbons (Fsp3) is 0.0909. The first kappa shape index (κ1) is 20.1. The van der Waals surface area contributed by atoms with Gasteiger partial charge in [0.1, 0.15) is 0 Å². The van der Waals surface area contributed by atoms with Gasteiger partial charge in [-0.05, 0) is 34.4 Å². The normalized spacial score (nSPS) is 13.2. The second-order valence-corrected chi connectivity index (χ2v) is 6.50. The van der Waals surface area contributed by atoms with E-state index >= 15 is 0 Å². The molecule has 0 radical (unpaired) electrons. The molecule has 0 saturated heterocycles. The maximum Gasteiger partial charge on any atom is 0.458 e. The van der Waals surface area contributed by atoms with E-state index in [2.05, 4.69) is 0 Å². The van der Waals surface area contributed by atoms with Gasteiger partial charge in [0.2, 0.25) is 0 Å². The molecule has 0 aliphatic rings. The fourth-order valence-corrected chi connectivity index (χ4v) is 3.12. The molecule has 6 heteroatoms. The Balaban J connectivity index is 2.47. The van der Waals surface area contributed by atoms with E-state index in [1.165, 1.54) is 60.7 Å². The molecule has 0 saturated carbocycles. The van der Waals surface area contributed by atoms with Gasteiger partial charge in [-0.15, -0.1) is 0 Å².